The third-order valence-corrected chi connectivity index (χ3v) is 5.76. The van der Waals surface area contributed by atoms with Gasteiger partial charge in [0.15, 0.2) is 10.3 Å². The summed E-state index contributed by atoms with van der Waals surface area (Å²) >= 11 is 13.6. The third-order valence-electron chi connectivity index (χ3n) is 4.07. The lowest BCUT2D eigenvalue weighted by Gasteiger charge is -2.31. The van der Waals surface area contributed by atoms with Crippen LogP contribution in [0.1, 0.15) is 34.2 Å². The summed E-state index contributed by atoms with van der Waals surface area (Å²) in [6, 6.07) is 5.34. The molecule has 0 fully saturated rings. The van der Waals surface area contributed by atoms with Crippen molar-refractivity contribution in [3.63, 3.8) is 0 Å². The summed E-state index contributed by atoms with van der Waals surface area (Å²) in [6.45, 7) is 2.58. The molecule has 1 aliphatic rings. The van der Waals surface area contributed by atoms with Gasteiger partial charge in [0.1, 0.15) is 0 Å². The topological polar surface area (TPSA) is 61.9 Å². The van der Waals surface area contributed by atoms with E-state index < -0.39 is 0 Å². The van der Waals surface area contributed by atoms with Crippen LogP contribution in [0, 0.1) is 0 Å². The summed E-state index contributed by atoms with van der Waals surface area (Å²) in [5.41, 5.74) is 2.36. The van der Waals surface area contributed by atoms with Gasteiger partial charge < -0.3 is 9.88 Å². The van der Waals surface area contributed by atoms with Crippen LogP contribution in [0.15, 0.2) is 18.2 Å². The van der Waals surface area contributed by atoms with Crippen molar-refractivity contribution in [1.29, 1.82) is 0 Å². The van der Waals surface area contributed by atoms with Crippen LogP contribution in [0.5, 0.6) is 0 Å². The Hall–Kier alpha value is -1.63. The fourth-order valence-electron chi connectivity index (χ4n) is 2.91. The van der Waals surface area contributed by atoms with Crippen molar-refractivity contribution in [2.24, 2.45) is 0 Å². The first-order valence-corrected chi connectivity index (χ1v) is 8.72. The monoisotopic (exact) mass is 366 g/mol. The molecule has 2 aromatic heterocycles. The van der Waals surface area contributed by atoms with E-state index in [0.29, 0.717) is 39.3 Å². The predicted molar refractivity (Wildman–Crippen MR) is 91.4 cm³/mol. The molecule has 0 saturated heterocycles. The Bertz CT molecular complexity index is 919. The standard InChI is InChI=1S/C15H12Cl2N4OS/c1-7-12-10(19-15(17)23-12)5-6-21(7)14(22)13-18-9-4-2-3-8(16)11(9)20-13/h2-4,7H,5-6H2,1H3,(H,18,20)/t7-/m1/s1. The normalized spacial score (nSPS) is 17.5. The van der Waals surface area contributed by atoms with Gasteiger partial charge in [-0.25, -0.2) is 9.97 Å². The summed E-state index contributed by atoms with van der Waals surface area (Å²) in [5.74, 6) is 0.166. The highest BCUT2D eigenvalue weighted by atomic mass is 35.5. The molecule has 0 radical (unpaired) electrons. The molecule has 1 N–H and O–H groups in total. The number of rotatable bonds is 1. The summed E-state index contributed by atoms with van der Waals surface area (Å²) in [7, 11) is 0. The first-order valence-electron chi connectivity index (χ1n) is 7.15. The molecule has 1 amide bonds. The van der Waals surface area contributed by atoms with E-state index in [2.05, 4.69) is 15.0 Å². The quantitative estimate of drug-likeness (QED) is 0.705. The van der Waals surface area contributed by atoms with Gasteiger partial charge in [-0.1, -0.05) is 29.3 Å². The van der Waals surface area contributed by atoms with E-state index in [-0.39, 0.29) is 11.9 Å². The Morgan fingerprint density at radius 1 is 1.39 bits per heavy atom. The van der Waals surface area contributed by atoms with Crippen molar-refractivity contribution in [2.75, 3.05) is 6.54 Å². The molecular weight excluding hydrogens is 355 g/mol. The van der Waals surface area contributed by atoms with Crippen LogP contribution < -0.4 is 0 Å². The van der Waals surface area contributed by atoms with Crippen molar-refractivity contribution >= 4 is 51.5 Å². The first-order chi connectivity index (χ1) is 11.0. The SMILES string of the molecule is C[C@@H]1c2sc(Cl)nc2CCN1C(=O)c1nc2cccc(Cl)c2[nH]1. The summed E-state index contributed by atoms with van der Waals surface area (Å²) < 4.78 is 0.520. The van der Waals surface area contributed by atoms with Gasteiger partial charge in [0.05, 0.1) is 32.7 Å². The number of H-pyrrole nitrogens is 1. The maximum absolute atomic E-state index is 12.8. The molecule has 1 atom stereocenters. The number of fused-ring (bicyclic) bond motifs is 2. The average Bonchev–Trinajstić information content (AvgIpc) is 3.11. The number of para-hydroxylation sites is 1. The molecule has 0 spiro atoms. The van der Waals surface area contributed by atoms with Crippen molar-refractivity contribution in [2.45, 2.75) is 19.4 Å². The van der Waals surface area contributed by atoms with Crippen LogP contribution in [-0.2, 0) is 6.42 Å². The lowest BCUT2D eigenvalue weighted by molar-refractivity contribution is 0.0669. The number of aromatic amines is 1. The second kappa shape index (κ2) is 5.47. The van der Waals surface area contributed by atoms with Crippen molar-refractivity contribution in [1.82, 2.24) is 19.9 Å². The number of aromatic nitrogens is 3. The number of hydrogen-bond donors (Lipinski definition) is 1. The molecule has 3 aromatic rings. The number of carbonyl (C=O) groups excluding carboxylic acids is 1. The van der Waals surface area contributed by atoms with Gasteiger partial charge in [-0.15, -0.1) is 11.3 Å². The smallest absolute Gasteiger partial charge is 0.290 e. The molecule has 1 aliphatic heterocycles. The van der Waals surface area contributed by atoms with E-state index in [4.69, 9.17) is 23.2 Å². The molecule has 3 heterocycles. The Morgan fingerprint density at radius 2 is 2.22 bits per heavy atom. The fraction of sp³-hybridized carbons (Fsp3) is 0.267. The van der Waals surface area contributed by atoms with Crippen molar-refractivity contribution in [3.8, 4) is 0 Å². The molecule has 0 bridgehead atoms. The predicted octanol–water partition coefficient (Wildman–Crippen LogP) is 4.09. The van der Waals surface area contributed by atoms with E-state index in [1.165, 1.54) is 11.3 Å². The number of nitrogens with zero attached hydrogens (tertiary/aromatic N) is 3. The highest BCUT2D eigenvalue weighted by Crippen LogP contribution is 2.36. The second-order valence-corrected chi connectivity index (χ2v) is 7.44. The maximum Gasteiger partial charge on any atom is 0.290 e. The molecule has 8 heteroatoms. The van der Waals surface area contributed by atoms with Crippen LogP contribution in [0.4, 0.5) is 0 Å². The van der Waals surface area contributed by atoms with Gasteiger partial charge in [-0.3, -0.25) is 4.79 Å². The lowest BCUT2D eigenvalue weighted by atomic mass is 10.1. The van der Waals surface area contributed by atoms with Crippen LogP contribution in [0.3, 0.4) is 0 Å². The Balaban J connectivity index is 1.70. The average molecular weight is 367 g/mol. The molecule has 0 aliphatic carbocycles. The summed E-state index contributed by atoms with van der Waals surface area (Å²) in [4.78, 5) is 27.4. The molecule has 1 aromatic carbocycles. The van der Waals surface area contributed by atoms with Crippen molar-refractivity contribution < 1.29 is 4.79 Å². The number of nitrogens with one attached hydrogen (secondary N) is 1. The number of carbonyl (C=O) groups is 1. The molecule has 23 heavy (non-hydrogen) atoms. The fourth-order valence-corrected chi connectivity index (χ4v) is 4.38. The highest BCUT2D eigenvalue weighted by Gasteiger charge is 2.32. The van der Waals surface area contributed by atoms with Gasteiger partial charge in [-0.05, 0) is 19.1 Å². The largest absolute Gasteiger partial charge is 0.333 e. The molecule has 5 nitrogen and oxygen atoms in total. The number of halogens is 2. The van der Waals surface area contributed by atoms with E-state index in [1.807, 2.05) is 19.1 Å². The van der Waals surface area contributed by atoms with Gasteiger partial charge in [0.25, 0.3) is 5.91 Å². The molecular formula is C15H12Cl2N4OS. The maximum atomic E-state index is 12.8. The number of benzene rings is 1. The third kappa shape index (κ3) is 2.41. The van der Waals surface area contributed by atoms with E-state index >= 15 is 0 Å². The molecule has 0 unspecified atom stereocenters. The zero-order chi connectivity index (χ0) is 16.1. The lowest BCUT2D eigenvalue weighted by Crippen LogP contribution is -2.38. The van der Waals surface area contributed by atoms with E-state index in [0.717, 1.165) is 10.6 Å². The van der Waals surface area contributed by atoms with Gasteiger partial charge in [0.2, 0.25) is 0 Å². The number of hydrogen-bond acceptors (Lipinski definition) is 4. The second-order valence-electron chi connectivity index (χ2n) is 5.42. The highest BCUT2D eigenvalue weighted by molar-refractivity contribution is 7.15. The Morgan fingerprint density at radius 3 is 3.00 bits per heavy atom. The molecule has 0 saturated carbocycles. The number of thiazole rings is 1. The van der Waals surface area contributed by atoms with Gasteiger partial charge in [-0.2, -0.15) is 0 Å². The minimum Gasteiger partial charge on any atom is -0.333 e. The van der Waals surface area contributed by atoms with E-state index in [9.17, 15) is 4.79 Å². The number of amides is 1. The minimum atomic E-state index is -0.139. The number of imidazole rings is 1. The van der Waals surface area contributed by atoms with Crippen LogP contribution in [0.25, 0.3) is 11.0 Å². The van der Waals surface area contributed by atoms with E-state index in [1.54, 1.807) is 11.0 Å². The van der Waals surface area contributed by atoms with Crippen LogP contribution >= 0.6 is 34.5 Å². The summed E-state index contributed by atoms with van der Waals surface area (Å²) in [5, 5.41) is 0.553. The van der Waals surface area contributed by atoms with Gasteiger partial charge in [0, 0.05) is 13.0 Å². The first kappa shape index (κ1) is 14.9. The van der Waals surface area contributed by atoms with Crippen LogP contribution in [-0.4, -0.2) is 32.3 Å². The Kier molecular flexibility index (Phi) is 3.55. The van der Waals surface area contributed by atoms with Gasteiger partial charge >= 0.3 is 0 Å². The zero-order valence-corrected chi connectivity index (χ0v) is 14.5. The van der Waals surface area contributed by atoms with Crippen molar-refractivity contribution in [3.05, 3.63) is 44.1 Å². The zero-order valence-electron chi connectivity index (χ0n) is 12.1. The molecule has 4 rings (SSSR count). The Labute approximate surface area is 146 Å². The molecule has 118 valence electrons. The summed E-state index contributed by atoms with van der Waals surface area (Å²) in [6.07, 6.45) is 0.704. The minimum absolute atomic E-state index is 0.0695. The van der Waals surface area contributed by atoms with Crippen LogP contribution in [0.2, 0.25) is 9.49 Å².